The summed E-state index contributed by atoms with van der Waals surface area (Å²) in [5.74, 6) is 3.37. The molecule has 1 saturated carbocycles. The third kappa shape index (κ3) is 3.02. The van der Waals surface area contributed by atoms with Crippen LogP contribution in [0.2, 0.25) is 0 Å². The molecule has 2 N–H and O–H groups in total. The first kappa shape index (κ1) is 14.2. The van der Waals surface area contributed by atoms with E-state index in [0.29, 0.717) is 17.9 Å². The number of hydrogen-bond donors (Lipinski definition) is 1. The van der Waals surface area contributed by atoms with Gasteiger partial charge in [0.05, 0.1) is 0 Å². The molecule has 2 rings (SSSR count). The van der Waals surface area contributed by atoms with Crippen molar-refractivity contribution in [1.82, 2.24) is 4.90 Å². The lowest BCUT2D eigenvalue weighted by molar-refractivity contribution is -0.138. The van der Waals surface area contributed by atoms with Crippen LogP contribution in [0.5, 0.6) is 0 Å². The Kier molecular flexibility index (Phi) is 5.37. The minimum Gasteiger partial charge on any atom is -0.339 e. The first-order valence-electron chi connectivity index (χ1n) is 7.36. The summed E-state index contributed by atoms with van der Waals surface area (Å²) in [5.41, 5.74) is 5.90. The van der Waals surface area contributed by atoms with Crippen LogP contribution in [0, 0.1) is 11.8 Å². The van der Waals surface area contributed by atoms with Crippen LogP contribution in [0.4, 0.5) is 0 Å². The standard InChI is InChI=1S/C14H26N2OS/c1-2-16(14(17)12-7-8-18-10-12)13-6-4-3-5-11(13)9-15/h11-13H,2-10,15H2,1H3. The first-order valence-corrected chi connectivity index (χ1v) is 8.51. The highest BCUT2D eigenvalue weighted by Crippen LogP contribution is 2.31. The van der Waals surface area contributed by atoms with Crippen LogP contribution in [0.15, 0.2) is 0 Å². The van der Waals surface area contributed by atoms with Gasteiger partial charge in [-0.3, -0.25) is 4.79 Å². The molecule has 0 aromatic rings. The van der Waals surface area contributed by atoms with Crippen molar-refractivity contribution in [2.24, 2.45) is 17.6 Å². The zero-order valence-corrected chi connectivity index (χ0v) is 12.3. The van der Waals surface area contributed by atoms with Crippen molar-refractivity contribution < 1.29 is 4.79 Å². The fraction of sp³-hybridized carbons (Fsp3) is 0.929. The van der Waals surface area contributed by atoms with Crippen molar-refractivity contribution in [3.05, 3.63) is 0 Å². The summed E-state index contributed by atoms with van der Waals surface area (Å²) in [7, 11) is 0. The SMILES string of the molecule is CCN(C(=O)C1CCSC1)C1CCCCC1CN. The highest BCUT2D eigenvalue weighted by Gasteiger charge is 2.35. The summed E-state index contributed by atoms with van der Waals surface area (Å²) < 4.78 is 0. The van der Waals surface area contributed by atoms with Gasteiger partial charge in [0.25, 0.3) is 0 Å². The summed E-state index contributed by atoms with van der Waals surface area (Å²) in [5, 5.41) is 0. The van der Waals surface area contributed by atoms with Crippen molar-refractivity contribution in [2.75, 3.05) is 24.6 Å². The van der Waals surface area contributed by atoms with Gasteiger partial charge in [-0.15, -0.1) is 0 Å². The van der Waals surface area contributed by atoms with E-state index >= 15 is 0 Å². The minimum absolute atomic E-state index is 0.273. The van der Waals surface area contributed by atoms with Crippen LogP contribution in [-0.4, -0.2) is 41.4 Å². The zero-order chi connectivity index (χ0) is 13.0. The highest BCUT2D eigenvalue weighted by atomic mass is 32.2. The van der Waals surface area contributed by atoms with E-state index in [1.807, 2.05) is 11.8 Å². The number of hydrogen-bond acceptors (Lipinski definition) is 3. The topological polar surface area (TPSA) is 46.3 Å². The summed E-state index contributed by atoms with van der Waals surface area (Å²) >= 11 is 1.92. The molecule has 0 spiro atoms. The Bertz CT molecular complexity index is 279. The van der Waals surface area contributed by atoms with E-state index in [2.05, 4.69) is 11.8 Å². The van der Waals surface area contributed by atoms with Crippen LogP contribution in [0.1, 0.15) is 39.0 Å². The highest BCUT2D eigenvalue weighted by molar-refractivity contribution is 7.99. The molecule has 3 unspecified atom stereocenters. The number of carbonyl (C=O) groups is 1. The van der Waals surface area contributed by atoms with Crippen LogP contribution < -0.4 is 5.73 Å². The summed E-state index contributed by atoms with van der Waals surface area (Å²) in [6, 6.07) is 0.409. The Hall–Kier alpha value is -0.220. The molecular weight excluding hydrogens is 244 g/mol. The average Bonchev–Trinajstić information content (AvgIpc) is 2.94. The summed E-state index contributed by atoms with van der Waals surface area (Å²) in [6.45, 7) is 3.69. The van der Waals surface area contributed by atoms with E-state index in [9.17, 15) is 4.79 Å². The Balaban J connectivity index is 2.03. The fourth-order valence-corrected chi connectivity index (χ4v) is 4.60. The monoisotopic (exact) mass is 270 g/mol. The molecule has 2 aliphatic rings. The van der Waals surface area contributed by atoms with Crippen molar-refractivity contribution in [3.63, 3.8) is 0 Å². The Labute approximate surface area is 115 Å². The lowest BCUT2D eigenvalue weighted by atomic mass is 9.83. The first-order chi connectivity index (χ1) is 8.77. The largest absolute Gasteiger partial charge is 0.339 e. The van der Waals surface area contributed by atoms with E-state index < -0.39 is 0 Å². The van der Waals surface area contributed by atoms with Gasteiger partial charge in [-0.25, -0.2) is 0 Å². The third-order valence-corrected chi connectivity index (χ3v) is 5.64. The molecule has 18 heavy (non-hydrogen) atoms. The van der Waals surface area contributed by atoms with Gasteiger partial charge in [-0.2, -0.15) is 11.8 Å². The molecule has 1 amide bonds. The maximum atomic E-state index is 12.6. The molecular formula is C14H26N2OS. The lowest BCUT2D eigenvalue weighted by Crippen LogP contribution is -2.50. The molecule has 1 aliphatic carbocycles. The number of carbonyl (C=O) groups excluding carboxylic acids is 1. The van der Waals surface area contributed by atoms with Crippen molar-refractivity contribution in [3.8, 4) is 0 Å². The second-order valence-electron chi connectivity index (χ2n) is 5.53. The Morgan fingerprint density at radius 2 is 2.11 bits per heavy atom. The van der Waals surface area contributed by atoms with Gasteiger partial charge in [0.1, 0.15) is 0 Å². The van der Waals surface area contributed by atoms with Crippen LogP contribution in [0.25, 0.3) is 0 Å². The van der Waals surface area contributed by atoms with E-state index in [4.69, 9.17) is 5.73 Å². The predicted molar refractivity (Wildman–Crippen MR) is 77.6 cm³/mol. The molecule has 3 atom stereocenters. The Morgan fingerprint density at radius 3 is 2.72 bits per heavy atom. The molecule has 0 radical (unpaired) electrons. The summed E-state index contributed by atoms with van der Waals surface area (Å²) in [4.78, 5) is 14.8. The molecule has 0 aromatic heterocycles. The summed E-state index contributed by atoms with van der Waals surface area (Å²) in [6.07, 6.45) is 5.96. The van der Waals surface area contributed by atoms with Crippen LogP contribution >= 0.6 is 11.8 Å². The molecule has 1 aliphatic heterocycles. The number of rotatable bonds is 4. The van der Waals surface area contributed by atoms with E-state index in [1.54, 1.807) is 0 Å². The maximum absolute atomic E-state index is 12.6. The fourth-order valence-electron chi connectivity index (χ4n) is 3.39. The third-order valence-electron chi connectivity index (χ3n) is 4.47. The molecule has 1 heterocycles. The van der Waals surface area contributed by atoms with Gasteiger partial charge in [0.2, 0.25) is 5.91 Å². The second kappa shape index (κ2) is 6.80. The number of thioether (sulfide) groups is 1. The van der Waals surface area contributed by atoms with Gasteiger partial charge < -0.3 is 10.6 Å². The van der Waals surface area contributed by atoms with E-state index in [1.165, 1.54) is 19.3 Å². The van der Waals surface area contributed by atoms with Gasteiger partial charge in [0.15, 0.2) is 0 Å². The van der Waals surface area contributed by atoms with Crippen molar-refractivity contribution in [2.45, 2.75) is 45.1 Å². The van der Waals surface area contributed by atoms with Gasteiger partial charge in [-0.1, -0.05) is 12.8 Å². The lowest BCUT2D eigenvalue weighted by Gasteiger charge is -2.40. The zero-order valence-electron chi connectivity index (χ0n) is 11.4. The Morgan fingerprint density at radius 1 is 1.33 bits per heavy atom. The maximum Gasteiger partial charge on any atom is 0.226 e. The number of nitrogens with zero attached hydrogens (tertiary/aromatic N) is 1. The molecule has 4 heteroatoms. The number of amides is 1. The molecule has 0 aromatic carbocycles. The second-order valence-corrected chi connectivity index (χ2v) is 6.68. The predicted octanol–water partition coefficient (Wildman–Crippen LogP) is 2.11. The molecule has 3 nitrogen and oxygen atoms in total. The minimum atomic E-state index is 0.273. The van der Waals surface area contributed by atoms with Crippen molar-refractivity contribution >= 4 is 17.7 Å². The smallest absolute Gasteiger partial charge is 0.226 e. The molecule has 2 fully saturated rings. The van der Waals surface area contributed by atoms with Crippen molar-refractivity contribution in [1.29, 1.82) is 0 Å². The average molecular weight is 270 g/mol. The molecule has 104 valence electrons. The van der Waals surface area contributed by atoms with Crippen LogP contribution in [0.3, 0.4) is 0 Å². The van der Waals surface area contributed by atoms with Gasteiger partial charge in [0, 0.05) is 24.3 Å². The quantitative estimate of drug-likeness (QED) is 0.851. The molecule has 1 saturated heterocycles. The normalized spacial score (nSPS) is 32.4. The number of nitrogens with two attached hydrogens (primary N) is 1. The van der Waals surface area contributed by atoms with E-state index in [0.717, 1.165) is 37.4 Å². The van der Waals surface area contributed by atoms with Gasteiger partial charge >= 0.3 is 0 Å². The molecule has 0 bridgehead atoms. The van der Waals surface area contributed by atoms with E-state index in [-0.39, 0.29) is 5.92 Å². The van der Waals surface area contributed by atoms with Crippen LogP contribution in [-0.2, 0) is 4.79 Å². The van der Waals surface area contributed by atoms with Gasteiger partial charge in [-0.05, 0) is 44.4 Å².